The van der Waals surface area contributed by atoms with E-state index in [1.54, 1.807) is 14.1 Å². The molecule has 0 atom stereocenters. The van der Waals surface area contributed by atoms with Gasteiger partial charge in [-0.05, 0) is 73.8 Å². The van der Waals surface area contributed by atoms with Crippen LogP contribution in [0.5, 0.6) is 0 Å². The summed E-state index contributed by atoms with van der Waals surface area (Å²) in [6, 6.07) is 17.3. The molecule has 0 fully saturated rings. The highest BCUT2D eigenvalue weighted by atomic mass is 32.2. The summed E-state index contributed by atoms with van der Waals surface area (Å²) < 4.78 is 1.93. The van der Waals surface area contributed by atoms with Crippen molar-refractivity contribution in [3.05, 3.63) is 71.5 Å². The number of amides is 2. The van der Waals surface area contributed by atoms with Crippen molar-refractivity contribution in [3.8, 4) is 5.69 Å². The zero-order valence-electron chi connectivity index (χ0n) is 17.8. The first kappa shape index (κ1) is 21.2. The second-order valence-electron chi connectivity index (χ2n) is 7.82. The Bertz CT molecular complexity index is 1070. The van der Waals surface area contributed by atoms with Crippen molar-refractivity contribution in [1.29, 1.82) is 0 Å². The standard InChI is InChI=1S/C24H26N4O2S/c1-27(2)24(30)31-19-15-13-17(14-16-19)25-23(29)22-20-11-7-4-8-12-21(20)28(26-22)18-9-5-3-6-10-18/h3,5-6,9-10,13-16H,4,7-8,11-12H2,1-2H3,(H,25,29). The van der Waals surface area contributed by atoms with Gasteiger partial charge >= 0.3 is 0 Å². The molecule has 0 spiro atoms. The fourth-order valence-electron chi connectivity index (χ4n) is 3.73. The summed E-state index contributed by atoms with van der Waals surface area (Å²) in [4.78, 5) is 27.4. The van der Waals surface area contributed by atoms with Gasteiger partial charge in [-0.3, -0.25) is 9.59 Å². The highest BCUT2D eigenvalue weighted by molar-refractivity contribution is 8.13. The van der Waals surface area contributed by atoms with Gasteiger partial charge in [-0.1, -0.05) is 24.6 Å². The molecule has 1 aliphatic rings. The molecule has 7 heteroatoms. The Labute approximate surface area is 186 Å². The maximum Gasteiger partial charge on any atom is 0.285 e. The molecule has 0 bridgehead atoms. The zero-order chi connectivity index (χ0) is 21.8. The Kier molecular flexibility index (Phi) is 6.42. The molecule has 1 aliphatic carbocycles. The van der Waals surface area contributed by atoms with Gasteiger partial charge in [0.05, 0.1) is 5.69 Å². The van der Waals surface area contributed by atoms with Gasteiger partial charge in [-0.2, -0.15) is 5.10 Å². The Balaban J connectivity index is 1.57. The maximum atomic E-state index is 13.1. The largest absolute Gasteiger partial charge is 0.339 e. The van der Waals surface area contributed by atoms with Crippen LogP contribution in [0.2, 0.25) is 0 Å². The molecule has 0 saturated carbocycles. The van der Waals surface area contributed by atoms with E-state index in [4.69, 9.17) is 5.10 Å². The van der Waals surface area contributed by atoms with Gasteiger partial charge in [0.15, 0.2) is 5.69 Å². The van der Waals surface area contributed by atoms with Crippen molar-refractivity contribution in [2.24, 2.45) is 0 Å². The average molecular weight is 435 g/mol. The fourth-order valence-corrected chi connectivity index (χ4v) is 4.39. The number of carbonyl (C=O) groups excluding carboxylic acids is 2. The monoisotopic (exact) mass is 434 g/mol. The lowest BCUT2D eigenvalue weighted by Gasteiger charge is -2.10. The third-order valence-electron chi connectivity index (χ3n) is 5.33. The summed E-state index contributed by atoms with van der Waals surface area (Å²) in [7, 11) is 3.45. The van der Waals surface area contributed by atoms with E-state index in [1.165, 1.54) is 4.90 Å². The van der Waals surface area contributed by atoms with Crippen LogP contribution >= 0.6 is 11.8 Å². The molecule has 2 amide bonds. The van der Waals surface area contributed by atoms with Crippen LogP contribution in [0.15, 0.2) is 59.5 Å². The normalized spacial score (nSPS) is 13.2. The highest BCUT2D eigenvalue weighted by Crippen LogP contribution is 2.27. The van der Waals surface area contributed by atoms with Crippen LogP contribution in [0, 0.1) is 0 Å². The lowest BCUT2D eigenvalue weighted by atomic mass is 10.1. The van der Waals surface area contributed by atoms with E-state index in [2.05, 4.69) is 5.32 Å². The Morgan fingerprint density at radius 2 is 1.68 bits per heavy atom. The number of nitrogens with one attached hydrogen (secondary N) is 1. The number of nitrogens with zero attached hydrogens (tertiary/aromatic N) is 3. The zero-order valence-corrected chi connectivity index (χ0v) is 18.6. The summed E-state index contributed by atoms with van der Waals surface area (Å²) in [6.07, 6.45) is 5.13. The van der Waals surface area contributed by atoms with Gasteiger partial charge in [0.1, 0.15) is 0 Å². The third kappa shape index (κ3) is 4.82. The maximum absolute atomic E-state index is 13.1. The molecule has 0 saturated heterocycles. The lowest BCUT2D eigenvalue weighted by molar-refractivity contribution is 0.102. The molecule has 1 N–H and O–H groups in total. The fraction of sp³-hybridized carbons (Fsp3) is 0.292. The van der Waals surface area contributed by atoms with Gasteiger partial charge in [0.2, 0.25) is 0 Å². The molecule has 160 valence electrons. The second-order valence-corrected chi connectivity index (χ2v) is 8.85. The van der Waals surface area contributed by atoms with Crippen molar-refractivity contribution in [2.75, 3.05) is 19.4 Å². The number of hydrogen-bond acceptors (Lipinski definition) is 4. The Hall–Kier alpha value is -3.06. The number of thioether (sulfide) groups is 1. The van der Waals surface area contributed by atoms with Gasteiger partial charge in [0, 0.05) is 35.9 Å². The molecule has 31 heavy (non-hydrogen) atoms. The van der Waals surface area contributed by atoms with Crippen LogP contribution < -0.4 is 5.32 Å². The van der Waals surface area contributed by atoms with Crippen LogP contribution in [0.25, 0.3) is 5.69 Å². The Morgan fingerprint density at radius 1 is 0.968 bits per heavy atom. The minimum Gasteiger partial charge on any atom is -0.339 e. The average Bonchev–Trinajstić information content (AvgIpc) is 2.96. The molecule has 0 aliphatic heterocycles. The smallest absolute Gasteiger partial charge is 0.285 e. The van der Waals surface area contributed by atoms with Crippen LogP contribution in [-0.2, 0) is 12.8 Å². The molecular formula is C24H26N4O2S. The SMILES string of the molecule is CN(C)C(=O)Sc1ccc(NC(=O)c2nn(-c3ccccc3)c3c2CCCCC3)cc1. The topological polar surface area (TPSA) is 67.2 Å². The van der Waals surface area contributed by atoms with E-state index >= 15 is 0 Å². The molecule has 0 radical (unpaired) electrons. The van der Waals surface area contributed by atoms with Gasteiger partial charge in [0.25, 0.3) is 11.1 Å². The predicted octanol–water partition coefficient (Wildman–Crippen LogP) is 5.17. The van der Waals surface area contributed by atoms with E-state index in [-0.39, 0.29) is 11.1 Å². The van der Waals surface area contributed by atoms with Crippen molar-refractivity contribution >= 4 is 28.6 Å². The van der Waals surface area contributed by atoms with E-state index in [0.29, 0.717) is 11.4 Å². The van der Waals surface area contributed by atoms with Crippen molar-refractivity contribution in [2.45, 2.75) is 37.0 Å². The summed E-state index contributed by atoms with van der Waals surface area (Å²) in [5, 5.41) is 7.67. The number of carbonyl (C=O) groups is 2. The van der Waals surface area contributed by atoms with Crippen molar-refractivity contribution in [3.63, 3.8) is 0 Å². The Morgan fingerprint density at radius 3 is 2.39 bits per heavy atom. The quantitative estimate of drug-likeness (QED) is 0.455. The molecule has 6 nitrogen and oxygen atoms in total. The van der Waals surface area contributed by atoms with Crippen LogP contribution in [0.3, 0.4) is 0 Å². The molecular weight excluding hydrogens is 408 g/mol. The predicted molar refractivity (Wildman–Crippen MR) is 124 cm³/mol. The molecule has 1 heterocycles. The van der Waals surface area contributed by atoms with Gasteiger partial charge in [-0.25, -0.2) is 4.68 Å². The van der Waals surface area contributed by atoms with Crippen molar-refractivity contribution < 1.29 is 9.59 Å². The minimum absolute atomic E-state index is 0.0362. The van der Waals surface area contributed by atoms with Gasteiger partial charge in [-0.15, -0.1) is 0 Å². The molecule has 4 rings (SSSR count). The number of para-hydroxylation sites is 1. The number of benzene rings is 2. The third-order valence-corrected chi connectivity index (χ3v) is 6.38. The molecule has 0 unspecified atom stereocenters. The van der Waals surface area contributed by atoms with E-state index in [0.717, 1.165) is 65.7 Å². The summed E-state index contributed by atoms with van der Waals surface area (Å²) >= 11 is 1.16. The van der Waals surface area contributed by atoms with Crippen LogP contribution in [-0.4, -0.2) is 39.9 Å². The number of rotatable bonds is 4. The lowest BCUT2D eigenvalue weighted by Crippen LogP contribution is -2.16. The number of aromatic nitrogens is 2. The second kappa shape index (κ2) is 9.39. The highest BCUT2D eigenvalue weighted by Gasteiger charge is 2.24. The van der Waals surface area contributed by atoms with E-state index < -0.39 is 0 Å². The van der Waals surface area contributed by atoms with E-state index in [9.17, 15) is 9.59 Å². The number of fused-ring (bicyclic) bond motifs is 1. The molecule has 1 aromatic heterocycles. The first-order chi connectivity index (χ1) is 15.0. The number of hydrogen-bond donors (Lipinski definition) is 1. The van der Waals surface area contributed by atoms with Crippen molar-refractivity contribution in [1.82, 2.24) is 14.7 Å². The first-order valence-corrected chi connectivity index (χ1v) is 11.3. The summed E-state index contributed by atoms with van der Waals surface area (Å²) in [5.41, 5.74) is 4.36. The summed E-state index contributed by atoms with van der Waals surface area (Å²) in [6.45, 7) is 0. The van der Waals surface area contributed by atoms with Crippen LogP contribution in [0.1, 0.15) is 41.0 Å². The van der Waals surface area contributed by atoms with Gasteiger partial charge < -0.3 is 10.2 Å². The summed E-state index contributed by atoms with van der Waals surface area (Å²) in [5.74, 6) is -0.197. The number of anilines is 1. The first-order valence-electron chi connectivity index (χ1n) is 10.5. The van der Waals surface area contributed by atoms with E-state index in [1.807, 2.05) is 59.3 Å². The molecule has 3 aromatic rings. The molecule has 2 aromatic carbocycles. The minimum atomic E-state index is -0.197. The van der Waals surface area contributed by atoms with Crippen LogP contribution in [0.4, 0.5) is 10.5 Å².